The summed E-state index contributed by atoms with van der Waals surface area (Å²) in [5, 5.41) is 0. The van der Waals surface area contributed by atoms with Gasteiger partial charge in [0.25, 0.3) is 0 Å². The van der Waals surface area contributed by atoms with Crippen LogP contribution in [0.15, 0.2) is 24.5 Å². The van der Waals surface area contributed by atoms with Gasteiger partial charge in [-0.15, -0.1) is 0 Å². The molecule has 0 radical (unpaired) electrons. The highest BCUT2D eigenvalue weighted by Crippen LogP contribution is 2.29. The highest BCUT2D eigenvalue weighted by atomic mass is 16.5. The monoisotopic (exact) mass is 289 g/mol. The van der Waals surface area contributed by atoms with Gasteiger partial charge in [0.05, 0.1) is 18.8 Å². The van der Waals surface area contributed by atoms with Crippen LogP contribution >= 0.6 is 0 Å². The Morgan fingerprint density at radius 3 is 2.90 bits per heavy atom. The molecule has 1 aromatic heterocycles. The van der Waals surface area contributed by atoms with E-state index in [0.29, 0.717) is 0 Å². The molecule has 3 rings (SSSR count). The van der Waals surface area contributed by atoms with Crippen LogP contribution in [0.1, 0.15) is 25.3 Å². The lowest BCUT2D eigenvalue weighted by Crippen LogP contribution is -2.60. The van der Waals surface area contributed by atoms with Crippen LogP contribution in [0.2, 0.25) is 0 Å². The summed E-state index contributed by atoms with van der Waals surface area (Å²) < 4.78 is 6.11. The van der Waals surface area contributed by atoms with Gasteiger partial charge < -0.3 is 9.64 Å². The van der Waals surface area contributed by atoms with Crippen LogP contribution in [0.25, 0.3) is 0 Å². The molecule has 0 bridgehead atoms. The largest absolute Gasteiger partial charge is 0.370 e. The number of hydrogen-bond donors (Lipinski definition) is 0. The second-order valence-electron chi connectivity index (χ2n) is 6.14. The molecule has 21 heavy (non-hydrogen) atoms. The summed E-state index contributed by atoms with van der Waals surface area (Å²) in [4.78, 5) is 20.1. The van der Waals surface area contributed by atoms with Crippen LogP contribution in [0.5, 0.6) is 0 Å². The van der Waals surface area contributed by atoms with E-state index in [9.17, 15) is 4.79 Å². The third kappa shape index (κ3) is 3.41. The lowest BCUT2D eigenvalue weighted by Gasteiger charge is -2.48. The van der Waals surface area contributed by atoms with Crippen LogP contribution in [0, 0.1) is 0 Å². The van der Waals surface area contributed by atoms with Crippen LogP contribution in [-0.4, -0.2) is 59.1 Å². The molecule has 0 aromatic carbocycles. The maximum Gasteiger partial charge on any atom is 0.219 e. The quantitative estimate of drug-likeness (QED) is 0.823. The number of hydrogen-bond acceptors (Lipinski definition) is 4. The molecular formula is C16H23N3O2. The van der Waals surface area contributed by atoms with Gasteiger partial charge in [0, 0.05) is 45.5 Å². The summed E-state index contributed by atoms with van der Waals surface area (Å²) in [5.74, 6) is 0.156. The Kier molecular flexibility index (Phi) is 4.22. The lowest BCUT2D eigenvalue weighted by atomic mass is 9.90. The molecule has 0 aliphatic carbocycles. The number of carbonyl (C=O) groups is 1. The first-order valence-electron chi connectivity index (χ1n) is 7.68. The molecular weight excluding hydrogens is 266 g/mol. The molecule has 5 heteroatoms. The molecule has 2 fully saturated rings. The first-order chi connectivity index (χ1) is 10.2. The molecule has 1 aromatic rings. The van der Waals surface area contributed by atoms with E-state index in [1.165, 1.54) is 5.56 Å². The number of aromatic nitrogens is 1. The van der Waals surface area contributed by atoms with Gasteiger partial charge in [0.1, 0.15) is 0 Å². The van der Waals surface area contributed by atoms with Crippen molar-refractivity contribution in [2.24, 2.45) is 0 Å². The molecule has 5 nitrogen and oxygen atoms in total. The minimum Gasteiger partial charge on any atom is -0.370 e. The zero-order valence-electron chi connectivity index (χ0n) is 12.6. The number of carbonyl (C=O) groups excluding carboxylic acids is 1. The number of piperidine rings is 1. The van der Waals surface area contributed by atoms with E-state index < -0.39 is 0 Å². The SMILES string of the molecule is CC(=O)N1CCCC2(CN(Cc3ccncc3)CCO2)C1. The van der Waals surface area contributed by atoms with E-state index in [0.717, 1.165) is 52.2 Å². The Labute approximate surface area is 125 Å². The highest BCUT2D eigenvalue weighted by Gasteiger charge is 2.41. The maximum absolute atomic E-state index is 11.6. The number of morpholine rings is 1. The van der Waals surface area contributed by atoms with Crippen molar-refractivity contribution in [3.05, 3.63) is 30.1 Å². The van der Waals surface area contributed by atoms with Crippen molar-refractivity contribution in [2.75, 3.05) is 32.8 Å². The number of nitrogens with zero attached hydrogens (tertiary/aromatic N) is 3. The van der Waals surface area contributed by atoms with Crippen LogP contribution in [0.3, 0.4) is 0 Å². The first-order valence-corrected chi connectivity index (χ1v) is 7.68. The van der Waals surface area contributed by atoms with E-state index in [1.54, 1.807) is 6.92 Å². The van der Waals surface area contributed by atoms with Crippen LogP contribution < -0.4 is 0 Å². The Balaban J connectivity index is 1.66. The number of likely N-dealkylation sites (tertiary alicyclic amines) is 1. The van der Waals surface area contributed by atoms with Gasteiger partial charge in [-0.25, -0.2) is 0 Å². The molecule has 2 aliphatic rings. The van der Waals surface area contributed by atoms with E-state index in [4.69, 9.17) is 4.74 Å². The van der Waals surface area contributed by atoms with Crippen molar-refractivity contribution in [2.45, 2.75) is 31.9 Å². The molecule has 2 saturated heterocycles. The van der Waals surface area contributed by atoms with Crippen molar-refractivity contribution in [3.63, 3.8) is 0 Å². The Bertz CT molecular complexity index is 490. The van der Waals surface area contributed by atoms with Crippen LogP contribution in [-0.2, 0) is 16.1 Å². The van der Waals surface area contributed by atoms with Gasteiger partial charge in [-0.05, 0) is 30.5 Å². The summed E-state index contributed by atoms with van der Waals surface area (Å²) in [6, 6.07) is 4.12. The molecule has 2 aliphatic heterocycles. The van der Waals surface area contributed by atoms with E-state index in [-0.39, 0.29) is 11.5 Å². The molecule has 0 saturated carbocycles. The molecule has 3 heterocycles. The molecule has 114 valence electrons. The van der Waals surface area contributed by atoms with Crippen molar-refractivity contribution >= 4 is 5.91 Å². The summed E-state index contributed by atoms with van der Waals surface area (Å²) in [7, 11) is 0. The summed E-state index contributed by atoms with van der Waals surface area (Å²) >= 11 is 0. The minimum atomic E-state index is -0.171. The second kappa shape index (κ2) is 6.12. The van der Waals surface area contributed by atoms with Gasteiger partial charge >= 0.3 is 0 Å². The predicted molar refractivity (Wildman–Crippen MR) is 79.7 cm³/mol. The second-order valence-corrected chi connectivity index (χ2v) is 6.14. The summed E-state index contributed by atoms with van der Waals surface area (Å²) in [6.07, 6.45) is 5.75. The normalized spacial score (nSPS) is 27.0. The fourth-order valence-corrected chi connectivity index (χ4v) is 3.42. The van der Waals surface area contributed by atoms with Crippen molar-refractivity contribution < 1.29 is 9.53 Å². The Morgan fingerprint density at radius 1 is 1.33 bits per heavy atom. The van der Waals surface area contributed by atoms with Gasteiger partial charge in [0.15, 0.2) is 0 Å². The Hall–Kier alpha value is -1.46. The predicted octanol–water partition coefficient (Wildman–Crippen LogP) is 1.29. The van der Waals surface area contributed by atoms with Gasteiger partial charge in [-0.3, -0.25) is 14.7 Å². The average molecular weight is 289 g/mol. The van der Waals surface area contributed by atoms with Gasteiger partial charge in [-0.1, -0.05) is 0 Å². The number of amides is 1. The molecule has 0 N–H and O–H groups in total. The standard InChI is InChI=1S/C16H23N3O2/c1-14(20)19-8-2-5-16(13-19)12-18(9-10-21-16)11-15-3-6-17-7-4-15/h3-4,6-7H,2,5,8-13H2,1H3. The van der Waals surface area contributed by atoms with Crippen molar-refractivity contribution in [3.8, 4) is 0 Å². The zero-order valence-corrected chi connectivity index (χ0v) is 12.6. The average Bonchev–Trinajstić information content (AvgIpc) is 2.48. The molecule has 1 unspecified atom stereocenters. The fraction of sp³-hybridized carbons (Fsp3) is 0.625. The minimum absolute atomic E-state index is 0.156. The zero-order chi connectivity index (χ0) is 14.7. The number of rotatable bonds is 2. The van der Waals surface area contributed by atoms with E-state index in [1.807, 2.05) is 17.3 Å². The summed E-state index contributed by atoms with van der Waals surface area (Å²) in [5.41, 5.74) is 1.11. The molecule has 1 atom stereocenters. The van der Waals surface area contributed by atoms with Crippen molar-refractivity contribution in [1.29, 1.82) is 0 Å². The smallest absolute Gasteiger partial charge is 0.219 e. The lowest BCUT2D eigenvalue weighted by molar-refractivity contribution is -0.156. The Morgan fingerprint density at radius 2 is 2.14 bits per heavy atom. The third-order valence-electron chi connectivity index (χ3n) is 4.47. The van der Waals surface area contributed by atoms with E-state index >= 15 is 0 Å². The van der Waals surface area contributed by atoms with Gasteiger partial charge in [-0.2, -0.15) is 0 Å². The summed E-state index contributed by atoms with van der Waals surface area (Å²) in [6.45, 7) is 6.77. The van der Waals surface area contributed by atoms with E-state index in [2.05, 4.69) is 22.0 Å². The third-order valence-corrected chi connectivity index (χ3v) is 4.47. The molecule has 1 amide bonds. The highest BCUT2D eigenvalue weighted by molar-refractivity contribution is 5.73. The van der Waals surface area contributed by atoms with Crippen molar-refractivity contribution in [1.82, 2.24) is 14.8 Å². The van der Waals surface area contributed by atoms with Crippen LogP contribution in [0.4, 0.5) is 0 Å². The fourth-order valence-electron chi connectivity index (χ4n) is 3.42. The topological polar surface area (TPSA) is 45.7 Å². The van der Waals surface area contributed by atoms with Gasteiger partial charge in [0.2, 0.25) is 5.91 Å². The number of pyridine rings is 1. The molecule has 1 spiro atoms. The number of ether oxygens (including phenoxy) is 1. The first kappa shape index (κ1) is 14.5. The maximum atomic E-state index is 11.6.